The van der Waals surface area contributed by atoms with Gasteiger partial charge < -0.3 is 99.5 Å². The van der Waals surface area contributed by atoms with Crippen molar-refractivity contribution < 1.29 is 99.5 Å². The third kappa shape index (κ3) is 7.05. The second-order valence-electron chi connectivity index (χ2n) is 11.1. The first-order chi connectivity index (χ1) is 20.7. The third-order valence-corrected chi connectivity index (χ3v) is 8.16. The van der Waals surface area contributed by atoms with Crippen LogP contribution in [0, 0.1) is 0 Å². The van der Waals surface area contributed by atoms with E-state index in [0.29, 0.717) is 0 Å². The Morgan fingerprint density at radius 1 is 0.409 bits per heavy atom. The summed E-state index contributed by atoms with van der Waals surface area (Å²) in [6.45, 7) is -1.03. The highest BCUT2D eigenvalue weighted by atomic mass is 16.8. The van der Waals surface area contributed by atoms with Crippen molar-refractivity contribution in [2.45, 2.75) is 130 Å². The Balaban J connectivity index is 1.44. The highest BCUT2D eigenvalue weighted by Crippen LogP contribution is 2.34. The van der Waals surface area contributed by atoms with E-state index in [9.17, 15) is 66.4 Å². The molecule has 4 aliphatic heterocycles. The molecule has 0 amide bonds. The summed E-state index contributed by atoms with van der Waals surface area (Å²) in [5.41, 5.74) is 0. The minimum absolute atomic E-state index is 0.768. The molecule has 0 unspecified atom stereocenters. The van der Waals surface area contributed by atoms with E-state index in [1.165, 1.54) is 6.92 Å². The van der Waals surface area contributed by atoms with Crippen molar-refractivity contribution in [1.29, 1.82) is 0 Å². The third-order valence-electron chi connectivity index (χ3n) is 8.16. The standard InChI is InChI=1S/C24H42O20/c1-5-18(17(36)20(21(37)38-5)44-23-15(34)12(31)10(29)7(3-26)40-23)42-24-16(35)13(32)19(8(4-27)41-24)43-22-14(33)11(30)9(28)6(2-25)39-22/h5-37H,2-4H2,1H3/t5-,6-,7-,8-,9-,10-,11+,12+,13-,14-,15-,16-,17+,18+,19+,20-,21-,22+,23+,24+/m1/s1. The fourth-order valence-corrected chi connectivity index (χ4v) is 5.50. The summed E-state index contributed by atoms with van der Waals surface area (Å²) in [6.07, 6.45) is -33.8. The number of aliphatic hydroxyl groups is 13. The molecule has 20 atom stereocenters. The molecule has 4 rings (SSSR count). The Morgan fingerprint density at radius 2 is 0.795 bits per heavy atom. The molecule has 4 saturated heterocycles. The van der Waals surface area contributed by atoms with Crippen molar-refractivity contribution in [3.63, 3.8) is 0 Å². The van der Waals surface area contributed by atoms with E-state index in [-0.39, 0.29) is 0 Å². The van der Waals surface area contributed by atoms with E-state index < -0.39 is 143 Å². The fourth-order valence-electron chi connectivity index (χ4n) is 5.50. The first kappa shape index (κ1) is 36.0. The van der Waals surface area contributed by atoms with Gasteiger partial charge in [0, 0.05) is 0 Å². The van der Waals surface area contributed by atoms with Gasteiger partial charge in [-0.05, 0) is 6.92 Å². The fraction of sp³-hybridized carbons (Fsp3) is 1.00. The second kappa shape index (κ2) is 15.0. The summed E-state index contributed by atoms with van der Waals surface area (Å²) in [5.74, 6) is 0. The average Bonchev–Trinajstić information content (AvgIpc) is 3.00. The topological polar surface area (TPSA) is 328 Å². The maximum Gasteiger partial charge on any atom is 0.187 e. The van der Waals surface area contributed by atoms with Crippen LogP contribution in [0.15, 0.2) is 0 Å². The van der Waals surface area contributed by atoms with Crippen molar-refractivity contribution in [2.24, 2.45) is 0 Å². The van der Waals surface area contributed by atoms with Gasteiger partial charge in [-0.3, -0.25) is 0 Å². The van der Waals surface area contributed by atoms with Crippen LogP contribution < -0.4 is 0 Å². The number of hydrogen-bond acceptors (Lipinski definition) is 20. The van der Waals surface area contributed by atoms with E-state index >= 15 is 0 Å². The van der Waals surface area contributed by atoms with Gasteiger partial charge in [0.25, 0.3) is 0 Å². The molecule has 4 aliphatic rings. The lowest BCUT2D eigenvalue weighted by Crippen LogP contribution is -2.67. The molecule has 20 nitrogen and oxygen atoms in total. The lowest BCUT2D eigenvalue weighted by molar-refractivity contribution is -0.388. The van der Waals surface area contributed by atoms with Gasteiger partial charge in [-0.1, -0.05) is 0 Å². The van der Waals surface area contributed by atoms with Crippen LogP contribution in [0.25, 0.3) is 0 Å². The van der Waals surface area contributed by atoms with Crippen LogP contribution >= 0.6 is 0 Å². The van der Waals surface area contributed by atoms with Crippen molar-refractivity contribution >= 4 is 0 Å². The molecular weight excluding hydrogens is 608 g/mol. The molecule has 20 heteroatoms. The van der Waals surface area contributed by atoms with Gasteiger partial charge in [0.1, 0.15) is 91.6 Å². The minimum atomic E-state index is -1.95. The first-order valence-electron chi connectivity index (χ1n) is 14.0. The smallest absolute Gasteiger partial charge is 0.187 e. The predicted molar refractivity (Wildman–Crippen MR) is 132 cm³/mol. The van der Waals surface area contributed by atoms with E-state index in [0.717, 1.165) is 0 Å². The molecule has 44 heavy (non-hydrogen) atoms. The van der Waals surface area contributed by atoms with Crippen LogP contribution in [0.5, 0.6) is 0 Å². The molecule has 0 saturated carbocycles. The molecule has 13 N–H and O–H groups in total. The lowest BCUT2D eigenvalue weighted by Gasteiger charge is -2.48. The van der Waals surface area contributed by atoms with Crippen LogP contribution in [-0.4, -0.2) is 209 Å². The zero-order valence-electron chi connectivity index (χ0n) is 23.3. The molecule has 0 spiro atoms. The van der Waals surface area contributed by atoms with Crippen LogP contribution in [0.3, 0.4) is 0 Å². The number of hydrogen-bond donors (Lipinski definition) is 13. The maximum absolute atomic E-state index is 11.1. The molecule has 258 valence electrons. The molecule has 0 radical (unpaired) electrons. The van der Waals surface area contributed by atoms with Gasteiger partial charge in [0.05, 0.1) is 25.9 Å². The van der Waals surface area contributed by atoms with Crippen LogP contribution in [0.4, 0.5) is 0 Å². The van der Waals surface area contributed by atoms with Gasteiger partial charge in [-0.15, -0.1) is 0 Å². The Morgan fingerprint density at radius 3 is 1.25 bits per heavy atom. The van der Waals surface area contributed by atoms with E-state index in [2.05, 4.69) is 0 Å². The van der Waals surface area contributed by atoms with Crippen molar-refractivity contribution in [3.05, 3.63) is 0 Å². The van der Waals surface area contributed by atoms with Crippen molar-refractivity contribution in [1.82, 2.24) is 0 Å². The zero-order chi connectivity index (χ0) is 32.6. The molecule has 0 aromatic rings. The normalized spacial score (nSPS) is 53.9. The Hall–Kier alpha value is -0.800. The average molecular weight is 651 g/mol. The van der Waals surface area contributed by atoms with Gasteiger partial charge in [0.15, 0.2) is 25.2 Å². The molecule has 4 heterocycles. The van der Waals surface area contributed by atoms with Crippen LogP contribution in [-0.2, 0) is 33.2 Å². The van der Waals surface area contributed by atoms with E-state index in [1.807, 2.05) is 0 Å². The van der Waals surface area contributed by atoms with Crippen molar-refractivity contribution in [2.75, 3.05) is 19.8 Å². The monoisotopic (exact) mass is 650 g/mol. The van der Waals surface area contributed by atoms with Crippen molar-refractivity contribution in [3.8, 4) is 0 Å². The Kier molecular flexibility index (Phi) is 12.3. The zero-order valence-corrected chi connectivity index (χ0v) is 23.3. The second-order valence-corrected chi connectivity index (χ2v) is 11.1. The number of aliphatic hydroxyl groups excluding tert-OH is 13. The lowest BCUT2D eigenvalue weighted by atomic mass is 9.96. The molecule has 0 aromatic carbocycles. The predicted octanol–water partition coefficient (Wildman–Crippen LogP) is -8.72. The number of rotatable bonds is 9. The summed E-state index contributed by atoms with van der Waals surface area (Å²) in [6, 6.07) is 0. The van der Waals surface area contributed by atoms with Gasteiger partial charge in [0.2, 0.25) is 0 Å². The SMILES string of the molecule is C[C@H]1O[C@@H](O)[C@H](O[C@@H]2O[C@H](CO)[C@@H](O)[C@H](O)[C@H]2O)[C@@H](O)[C@H]1O[C@@H]1O[C@H](CO)[C@H](O[C@@H]2O[C@H](CO)[C@@H](O)[C@H](O)[C@H]2O)[C@H](O)[C@H]1O. The highest BCUT2D eigenvalue weighted by molar-refractivity contribution is 4.97. The van der Waals surface area contributed by atoms with E-state index in [4.69, 9.17) is 33.2 Å². The van der Waals surface area contributed by atoms with E-state index in [1.54, 1.807) is 0 Å². The summed E-state index contributed by atoms with van der Waals surface area (Å²) in [5, 5.41) is 132. The largest absolute Gasteiger partial charge is 0.394 e. The van der Waals surface area contributed by atoms with Gasteiger partial charge >= 0.3 is 0 Å². The quantitative estimate of drug-likeness (QED) is 0.110. The Bertz CT molecular complexity index is 896. The molecule has 4 fully saturated rings. The van der Waals surface area contributed by atoms with Crippen LogP contribution in [0.2, 0.25) is 0 Å². The van der Waals surface area contributed by atoms with Gasteiger partial charge in [-0.25, -0.2) is 0 Å². The van der Waals surface area contributed by atoms with Gasteiger partial charge in [-0.2, -0.15) is 0 Å². The van der Waals surface area contributed by atoms with Crippen LogP contribution in [0.1, 0.15) is 6.92 Å². The highest BCUT2D eigenvalue weighted by Gasteiger charge is 2.54. The minimum Gasteiger partial charge on any atom is -0.394 e. The Labute approximate surface area is 249 Å². The molecular formula is C24H42O20. The summed E-state index contributed by atoms with van der Waals surface area (Å²) >= 11 is 0. The summed E-state index contributed by atoms with van der Waals surface area (Å²) < 4.78 is 38.1. The number of ether oxygens (including phenoxy) is 7. The molecule has 0 bridgehead atoms. The molecule has 0 aliphatic carbocycles. The first-order valence-corrected chi connectivity index (χ1v) is 14.0. The molecule has 0 aromatic heterocycles. The maximum atomic E-state index is 11.1. The summed E-state index contributed by atoms with van der Waals surface area (Å²) in [7, 11) is 0. The summed E-state index contributed by atoms with van der Waals surface area (Å²) in [4.78, 5) is 0.